The van der Waals surface area contributed by atoms with Gasteiger partial charge >= 0.3 is 0 Å². The van der Waals surface area contributed by atoms with Gasteiger partial charge in [0.2, 0.25) is 9.04 Å². The number of benzene rings is 2. The van der Waals surface area contributed by atoms with Gasteiger partial charge in [-0.15, -0.1) is 0 Å². The Kier molecular flexibility index (Phi) is 5.64. The van der Waals surface area contributed by atoms with E-state index in [0.717, 1.165) is 5.56 Å². The van der Waals surface area contributed by atoms with E-state index < -0.39 is 9.04 Å². The zero-order valence-corrected chi connectivity index (χ0v) is 16.5. The summed E-state index contributed by atoms with van der Waals surface area (Å²) in [5, 5.41) is 2.41. The van der Waals surface area contributed by atoms with Gasteiger partial charge < -0.3 is 4.43 Å². The van der Waals surface area contributed by atoms with Gasteiger partial charge in [0, 0.05) is 11.8 Å². The van der Waals surface area contributed by atoms with Crippen molar-refractivity contribution in [2.24, 2.45) is 5.41 Å². The van der Waals surface area contributed by atoms with Crippen molar-refractivity contribution < 1.29 is 8.82 Å². The maximum atomic E-state index is 13.8. The summed E-state index contributed by atoms with van der Waals surface area (Å²) in [6.07, 6.45) is 2.69. The van der Waals surface area contributed by atoms with Gasteiger partial charge in [-0.25, -0.2) is 4.39 Å². The predicted molar refractivity (Wildman–Crippen MR) is 107 cm³/mol. The smallest absolute Gasteiger partial charge is 0.240 e. The Hall–Kier alpha value is -2.30. The molecule has 0 N–H and O–H groups in total. The summed E-state index contributed by atoms with van der Waals surface area (Å²) in [6, 6.07) is 22.2. The molecule has 0 spiro atoms. The lowest BCUT2D eigenvalue weighted by Gasteiger charge is -2.34. The van der Waals surface area contributed by atoms with Crippen LogP contribution in [-0.4, -0.2) is 14.0 Å². The van der Waals surface area contributed by atoms with Gasteiger partial charge in [0.15, 0.2) is 0 Å². The number of halogens is 1. The van der Waals surface area contributed by atoms with E-state index in [1.165, 1.54) is 22.6 Å². The van der Waals surface area contributed by atoms with E-state index in [1.807, 2.05) is 36.4 Å². The second kappa shape index (κ2) is 7.93. The molecule has 0 saturated heterocycles. The number of hydrogen-bond donors (Lipinski definition) is 0. The van der Waals surface area contributed by atoms with Crippen LogP contribution in [0.1, 0.15) is 32.4 Å². The lowest BCUT2D eigenvalue weighted by Crippen LogP contribution is -2.47. The highest BCUT2D eigenvalue weighted by molar-refractivity contribution is 6.80. The average molecular weight is 366 g/mol. The minimum atomic E-state index is -1.94. The van der Waals surface area contributed by atoms with Gasteiger partial charge in [0.05, 0.1) is 12.3 Å². The monoisotopic (exact) mass is 365 g/mol. The molecular formula is C22H24FNOSi. The first-order valence-electron chi connectivity index (χ1n) is 8.81. The Labute approximate surface area is 156 Å². The van der Waals surface area contributed by atoms with Crippen LogP contribution in [-0.2, 0) is 4.43 Å². The van der Waals surface area contributed by atoms with E-state index >= 15 is 0 Å². The summed E-state index contributed by atoms with van der Waals surface area (Å²) in [6.45, 7) is 6.35. The molecule has 1 heterocycles. The van der Waals surface area contributed by atoms with E-state index in [-0.39, 0.29) is 17.3 Å². The summed E-state index contributed by atoms with van der Waals surface area (Å²) in [5.74, 6) is -0.335. The van der Waals surface area contributed by atoms with E-state index in [0.29, 0.717) is 0 Å². The van der Waals surface area contributed by atoms with E-state index in [2.05, 4.69) is 50.0 Å². The van der Waals surface area contributed by atoms with E-state index in [9.17, 15) is 4.39 Å². The Bertz CT molecular complexity index is 794. The first-order chi connectivity index (χ1) is 12.4. The SMILES string of the molecule is CC(C)(C)C(O[SiH](c1ccccc1)c1ccccc1)c1cncc(F)c1. The molecule has 3 aromatic rings. The van der Waals surface area contributed by atoms with Crippen molar-refractivity contribution in [1.82, 2.24) is 4.98 Å². The number of hydrogen-bond acceptors (Lipinski definition) is 2. The predicted octanol–water partition coefficient (Wildman–Crippen LogP) is 3.86. The highest BCUT2D eigenvalue weighted by Crippen LogP contribution is 2.36. The fraction of sp³-hybridized carbons (Fsp3) is 0.227. The maximum absolute atomic E-state index is 13.8. The highest BCUT2D eigenvalue weighted by Gasteiger charge is 2.32. The molecule has 1 unspecified atom stereocenters. The third-order valence-corrected chi connectivity index (χ3v) is 6.82. The molecule has 26 heavy (non-hydrogen) atoms. The molecule has 0 amide bonds. The van der Waals surface area contributed by atoms with Crippen molar-refractivity contribution in [3.63, 3.8) is 0 Å². The van der Waals surface area contributed by atoms with Crippen molar-refractivity contribution in [1.29, 1.82) is 0 Å². The van der Waals surface area contributed by atoms with Crippen LogP contribution in [0.25, 0.3) is 0 Å². The summed E-state index contributed by atoms with van der Waals surface area (Å²) in [7, 11) is -1.94. The van der Waals surface area contributed by atoms with Crippen molar-refractivity contribution in [3.05, 3.63) is 90.5 Å². The standard InChI is InChI=1S/C22H24FNOSi/c1-22(2,3)21(17-14-18(23)16-24-15-17)25-26(19-10-6-4-7-11-19)20-12-8-5-9-13-20/h4-16,21,26H,1-3H3. The molecule has 2 aromatic carbocycles. The van der Waals surface area contributed by atoms with Crippen LogP contribution in [0.4, 0.5) is 4.39 Å². The minimum Gasteiger partial charge on any atom is -0.403 e. The van der Waals surface area contributed by atoms with Crippen molar-refractivity contribution in [2.45, 2.75) is 26.9 Å². The first-order valence-corrected chi connectivity index (χ1v) is 10.4. The lowest BCUT2D eigenvalue weighted by molar-refractivity contribution is 0.0890. The molecule has 0 aliphatic carbocycles. The van der Waals surface area contributed by atoms with Crippen LogP contribution in [0.3, 0.4) is 0 Å². The fourth-order valence-corrected chi connectivity index (χ4v) is 5.78. The summed E-state index contributed by atoms with van der Waals surface area (Å²) in [5.41, 5.74) is 0.589. The maximum Gasteiger partial charge on any atom is 0.240 e. The molecule has 0 bridgehead atoms. The number of pyridine rings is 1. The Morgan fingerprint density at radius 1 is 0.885 bits per heavy atom. The number of rotatable bonds is 5. The van der Waals surface area contributed by atoms with Crippen molar-refractivity contribution in [2.75, 3.05) is 0 Å². The second-order valence-electron chi connectivity index (χ2n) is 7.52. The van der Waals surface area contributed by atoms with Crippen LogP contribution in [0.5, 0.6) is 0 Å². The molecule has 2 nitrogen and oxygen atoms in total. The normalized spacial score (nSPS) is 13.0. The summed E-state index contributed by atoms with van der Waals surface area (Å²) < 4.78 is 20.6. The van der Waals surface area contributed by atoms with Crippen LogP contribution in [0, 0.1) is 11.2 Å². The van der Waals surface area contributed by atoms with Crippen LogP contribution in [0.15, 0.2) is 79.1 Å². The zero-order valence-electron chi connectivity index (χ0n) is 15.4. The lowest BCUT2D eigenvalue weighted by atomic mass is 9.85. The minimum absolute atomic E-state index is 0.190. The first kappa shape index (κ1) is 18.5. The van der Waals surface area contributed by atoms with E-state index in [4.69, 9.17) is 4.43 Å². The number of nitrogens with zero attached hydrogens (tertiary/aromatic N) is 1. The molecule has 0 fully saturated rings. The number of aromatic nitrogens is 1. The fourth-order valence-electron chi connectivity index (χ4n) is 3.10. The highest BCUT2D eigenvalue weighted by atomic mass is 28.3. The largest absolute Gasteiger partial charge is 0.403 e. The molecule has 0 saturated carbocycles. The molecule has 3 rings (SSSR count). The summed E-state index contributed by atoms with van der Waals surface area (Å²) in [4.78, 5) is 4.03. The third kappa shape index (κ3) is 4.45. The molecule has 1 atom stereocenters. The van der Waals surface area contributed by atoms with Gasteiger partial charge in [-0.05, 0) is 21.9 Å². The molecule has 0 aliphatic rings. The Balaban J connectivity index is 2.03. The van der Waals surface area contributed by atoms with Crippen LogP contribution >= 0.6 is 0 Å². The Morgan fingerprint density at radius 2 is 1.42 bits per heavy atom. The van der Waals surface area contributed by atoms with Gasteiger partial charge in [-0.3, -0.25) is 4.98 Å². The molecule has 1 aromatic heterocycles. The quantitative estimate of drug-likeness (QED) is 0.641. The van der Waals surface area contributed by atoms with Gasteiger partial charge in [-0.1, -0.05) is 81.4 Å². The van der Waals surface area contributed by atoms with Crippen molar-refractivity contribution >= 4 is 19.4 Å². The van der Waals surface area contributed by atoms with Gasteiger partial charge in [0.25, 0.3) is 0 Å². The van der Waals surface area contributed by atoms with Gasteiger partial charge in [0.1, 0.15) is 5.82 Å². The van der Waals surface area contributed by atoms with Gasteiger partial charge in [-0.2, -0.15) is 0 Å². The topological polar surface area (TPSA) is 22.1 Å². The van der Waals surface area contributed by atoms with Crippen LogP contribution in [0.2, 0.25) is 0 Å². The molecular weight excluding hydrogens is 341 g/mol. The molecule has 134 valence electrons. The molecule has 0 radical (unpaired) electrons. The third-order valence-electron chi connectivity index (χ3n) is 4.29. The summed E-state index contributed by atoms with van der Waals surface area (Å²) >= 11 is 0. The van der Waals surface area contributed by atoms with Crippen molar-refractivity contribution in [3.8, 4) is 0 Å². The average Bonchev–Trinajstić information content (AvgIpc) is 2.63. The molecule has 4 heteroatoms. The Morgan fingerprint density at radius 3 is 1.88 bits per heavy atom. The molecule has 0 aliphatic heterocycles. The second-order valence-corrected chi connectivity index (χ2v) is 9.89. The van der Waals surface area contributed by atoms with E-state index in [1.54, 1.807) is 6.20 Å². The zero-order chi connectivity index (χ0) is 18.6. The van der Waals surface area contributed by atoms with Crippen LogP contribution < -0.4 is 10.4 Å².